The van der Waals surface area contributed by atoms with Crippen LogP contribution in [0.2, 0.25) is 5.02 Å². The van der Waals surface area contributed by atoms with Crippen molar-refractivity contribution in [3.63, 3.8) is 0 Å². The molecule has 0 aliphatic rings. The molecule has 0 saturated carbocycles. The van der Waals surface area contributed by atoms with Crippen LogP contribution >= 0.6 is 11.6 Å². The topological polar surface area (TPSA) is 74.1 Å². The molecule has 0 spiro atoms. The number of Topliss-reactive ketones (excluding diaryl/α,β-unsaturated/α-hetero) is 1. The first-order valence-electron chi connectivity index (χ1n) is 8.96. The average Bonchev–Trinajstić information content (AvgIpc) is 3.16. The number of rotatable bonds is 6. The van der Waals surface area contributed by atoms with Crippen molar-refractivity contribution in [1.82, 2.24) is 15.0 Å². The lowest BCUT2D eigenvalue weighted by Gasteiger charge is -2.17. The van der Waals surface area contributed by atoms with Gasteiger partial charge in [-0.25, -0.2) is 9.48 Å². The van der Waals surface area contributed by atoms with E-state index in [0.717, 1.165) is 5.52 Å². The number of para-hydroxylation sites is 1. The quantitative estimate of drug-likeness (QED) is 0.355. The van der Waals surface area contributed by atoms with Crippen LogP contribution in [0, 0.1) is 0 Å². The number of esters is 1. The zero-order valence-corrected chi connectivity index (χ0v) is 16.0. The molecule has 144 valence electrons. The second-order valence-corrected chi connectivity index (χ2v) is 6.77. The standard InChI is InChI=1S/C22H16ClN3O3/c23-17-11-5-4-10-16(17)22(28)29-20(21(27)15-8-2-1-3-9-15)14-26-19-13-7-6-12-18(19)24-25-26/h1-13,20H,14H2/t20-/m0/s1. The number of carbonyl (C=O) groups is 2. The minimum atomic E-state index is -1.09. The summed E-state index contributed by atoms with van der Waals surface area (Å²) in [6, 6.07) is 22.6. The SMILES string of the molecule is O=C(O[C@@H](Cn1nnc2ccccc21)C(=O)c1ccccc1)c1ccccc1Cl. The van der Waals surface area contributed by atoms with Crippen molar-refractivity contribution in [2.75, 3.05) is 0 Å². The van der Waals surface area contributed by atoms with Crippen LogP contribution in [0.25, 0.3) is 11.0 Å². The summed E-state index contributed by atoms with van der Waals surface area (Å²) in [7, 11) is 0. The highest BCUT2D eigenvalue weighted by atomic mass is 35.5. The van der Waals surface area contributed by atoms with E-state index in [-0.39, 0.29) is 22.9 Å². The lowest BCUT2D eigenvalue weighted by atomic mass is 10.1. The van der Waals surface area contributed by atoms with E-state index >= 15 is 0 Å². The number of hydrogen-bond acceptors (Lipinski definition) is 5. The van der Waals surface area contributed by atoms with Gasteiger partial charge in [0.15, 0.2) is 6.10 Å². The van der Waals surface area contributed by atoms with E-state index in [4.69, 9.17) is 16.3 Å². The molecule has 0 aliphatic carbocycles. The van der Waals surface area contributed by atoms with Gasteiger partial charge in [0.25, 0.3) is 0 Å². The second-order valence-electron chi connectivity index (χ2n) is 6.36. The van der Waals surface area contributed by atoms with E-state index in [1.165, 1.54) is 0 Å². The van der Waals surface area contributed by atoms with Gasteiger partial charge >= 0.3 is 5.97 Å². The van der Waals surface area contributed by atoms with Crippen molar-refractivity contribution < 1.29 is 14.3 Å². The number of benzene rings is 3. The van der Waals surface area contributed by atoms with Gasteiger partial charge in [-0.15, -0.1) is 5.10 Å². The molecular weight excluding hydrogens is 390 g/mol. The maximum absolute atomic E-state index is 13.1. The summed E-state index contributed by atoms with van der Waals surface area (Å²) in [6.07, 6.45) is -1.09. The molecule has 7 heteroatoms. The number of aromatic nitrogens is 3. The molecule has 0 bridgehead atoms. The van der Waals surface area contributed by atoms with Gasteiger partial charge in [-0.3, -0.25) is 4.79 Å². The van der Waals surface area contributed by atoms with Crippen molar-refractivity contribution in [2.24, 2.45) is 0 Å². The number of fused-ring (bicyclic) bond motifs is 1. The molecule has 0 aliphatic heterocycles. The van der Waals surface area contributed by atoms with Gasteiger partial charge in [-0.2, -0.15) is 0 Å². The monoisotopic (exact) mass is 405 g/mol. The zero-order valence-electron chi connectivity index (χ0n) is 15.2. The number of halogens is 1. The minimum absolute atomic E-state index is 0.0322. The van der Waals surface area contributed by atoms with Crippen LogP contribution < -0.4 is 0 Å². The zero-order chi connectivity index (χ0) is 20.2. The predicted molar refractivity (Wildman–Crippen MR) is 109 cm³/mol. The minimum Gasteiger partial charge on any atom is -0.448 e. The number of ether oxygens (including phenoxy) is 1. The third kappa shape index (κ3) is 4.02. The third-order valence-electron chi connectivity index (χ3n) is 4.45. The lowest BCUT2D eigenvalue weighted by Crippen LogP contribution is -2.32. The highest BCUT2D eigenvalue weighted by molar-refractivity contribution is 6.33. The molecule has 0 radical (unpaired) electrons. The Hall–Kier alpha value is -3.51. The second kappa shape index (κ2) is 8.24. The molecule has 0 saturated heterocycles. The van der Waals surface area contributed by atoms with E-state index in [0.29, 0.717) is 11.1 Å². The normalized spacial score (nSPS) is 11.9. The molecule has 6 nitrogen and oxygen atoms in total. The summed E-state index contributed by atoms with van der Waals surface area (Å²) >= 11 is 6.11. The Morgan fingerprint density at radius 3 is 2.41 bits per heavy atom. The highest BCUT2D eigenvalue weighted by Gasteiger charge is 2.27. The van der Waals surface area contributed by atoms with Gasteiger partial charge in [-0.1, -0.05) is 71.4 Å². The molecule has 1 aromatic heterocycles. The van der Waals surface area contributed by atoms with Gasteiger partial charge in [0.05, 0.1) is 22.6 Å². The third-order valence-corrected chi connectivity index (χ3v) is 4.78. The molecule has 0 unspecified atom stereocenters. The smallest absolute Gasteiger partial charge is 0.340 e. The van der Waals surface area contributed by atoms with Crippen molar-refractivity contribution in [2.45, 2.75) is 12.6 Å². The Labute approximate surface area is 171 Å². The van der Waals surface area contributed by atoms with E-state index < -0.39 is 12.1 Å². The Morgan fingerprint density at radius 1 is 0.931 bits per heavy atom. The molecule has 1 atom stereocenters. The van der Waals surface area contributed by atoms with Crippen LogP contribution in [0.15, 0.2) is 78.9 Å². The van der Waals surface area contributed by atoms with Crippen molar-refractivity contribution in [1.29, 1.82) is 0 Å². The fraction of sp³-hybridized carbons (Fsp3) is 0.0909. The largest absolute Gasteiger partial charge is 0.448 e. The van der Waals surface area contributed by atoms with Crippen LogP contribution in [0.1, 0.15) is 20.7 Å². The van der Waals surface area contributed by atoms with Crippen LogP contribution in [0.3, 0.4) is 0 Å². The molecule has 0 fully saturated rings. The molecule has 4 aromatic rings. The first kappa shape index (κ1) is 18.8. The Kier molecular flexibility index (Phi) is 5.35. The Balaban J connectivity index is 1.66. The number of carbonyl (C=O) groups excluding carboxylic acids is 2. The van der Waals surface area contributed by atoms with Gasteiger partial charge in [0.1, 0.15) is 5.52 Å². The fourth-order valence-electron chi connectivity index (χ4n) is 2.99. The van der Waals surface area contributed by atoms with Crippen molar-refractivity contribution in [3.8, 4) is 0 Å². The maximum Gasteiger partial charge on any atom is 0.340 e. The highest BCUT2D eigenvalue weighted by Crippen LogP contribution is 2.19. The van der Waals surface area contributed by atoms with Crippen LogP contribution in [-0.2, 0) is 11.3 Å². The molecule has 0 amide bonds. The summed E-state index contributed by atoms with van der Waals surface area (Å²) in [5.41, 5.74) is 2.07. The molecular formula is C22H16ClN3O3. The van der Waals surface area contributed by atoms with Crippen LogP contribution in [0.4, 0.5) is 0 Å². The summed E-state index contributed by atoms with van der Waals surface area (Å²) in [6.45, 7) is 0.0322. The predicted octanol–water partition coefficient (Wildman–Crippen LogP) is 4.19. The number of nitrogens with zero attached hydrogens (tertiary/aromatic N) is 3. The van der Waals surface area contributed by atoms with Gasteiger partial charge in [0, 0.05) is 5.56 Å². The Bertz CT molecular complexity index is 1170. The van der Waals surface area contributed by atoms with E-state index in [1.54, 1.807) is 53.2 Å². The molecule has 0 N–H and O–H groups in total. The molecule has 29 heavy (non-hydrogen) atoms. The van der Waals surface area contributed by atoms with Gasteiger partial charge in [0.2, 0.25) is 5.78 Å². The number of ketones is 1. The maximum atomic E-state index is 13.1. The number of hydrogen-bond donors (Lipinski definition) is 0. The first-order chi connectivity index (χ1) is 14.1. The average molecular weight is 406 g/mol. The molecule has 3 aromatic carbocycles. The van der Waals surface area contributed by atoms with Crippen molar-refractivity contribution in [3.05, 3.63) is 95.0 Å². The summed E-state index contributed by atoms with van der Waals surface area (Å²) in [4.78, 5) is 25.8. The molecule has 4 rings (SSSR count). The van der Waals surface area contributed by atoms with E-state index in [9.17, 15) is 9.59 Å². The fourth-order valence-corrected chi connectivity index (χ4v) is 3.20. The Morgan fingerprint density at radius 2 is 1.62 bits per heavy atom. The van der Waals surface area contributed by atoms with Gasteiger partial charge in [-0.05, 0) is 24.3 Å². The van der Waals surface area contributed by atoms with Crippen molar-refractivity contribution >= 4 is 34.4 Å². The van der Waals surface area contributed by atoms with Crippen LogP contribution in [0.5, 0.6) is 0 Å². The summed E-state index contributed by atoms with van der Waals surface area (Å²) < 4.78 is 7.15. The van der Waals surface area contributed by atoms with Gasteiger partial charge < -0.3 is 4.74 Å². The summed E-state index contributed by atoms with van der Waals surface area (Å²) in [5.74, 6) is -1.00. The van der Waals surface area contributed by atoms with Crippen LogP contribution in [-0.4, -0.2) is 32.9 Å². The van der Waals surface area contributed by atoms with E-state index in [1.807, 2.05) is 30.3 Å². The van der Waals surface area contributed by atoms with E-state index in [2.05, 4.69) is 10.3 Å². The molecule has 1 heterocycles. The lowest BCUT2D eigenvalue weighted by molar-refractivity contribution is 0.0245. The summed E-state index contributed by atoms with van der Waals surface area (Å²) in [5, 5.41) is 8.46. The first-order valence-corrected chi connectivity index (χ1v) is 9.34.